The lowest BCUT2D eigenvalue weighted by Crippen LogP contribution is -2.28. The van der Waals surface area contributed by atoms with Gasteiger partial charge in [0.2, 0.25) is 0 Å². The summed E-state index contributed by atoms with van der Waals surface area (Å²) in [4.78, 5) is 14.0. The van der Waals surface area contributed by atoms with Crippen molar-refractivity contribution in [3.63, 3.8) is 0 Å². The number of nitrogens with two attached hydrogens (primary N) is 1. The summed E-state index contributed by atoms with van der Waals surface area (Å²) < 4.78 is 5.62. The van der Waals surface area contributed by atoms with Gasteiger partial charge >= 0.3 is 0 Å². The molecule has 0 aliphatic heterocycles. The molecule has 5 heteroatoms. The van der Waals surface area contributed by atoms with E-state index in [9.17, 15) is 4.79 Å². The van der Waals surface area contributed by atoms with Gasteiger partial charge in [-0.25, -0.2) is 0 Å². The van der Waals surface area contributed by atoms with Crippen molar-refractivity contribution < 1.29 is 9.53 Å². The smallest absolute Gasteiger partial charge is 0.253 e. The fraction of sp³-hybridized carbons (Fsp3) is 0.278. The van der Waals surface area contributed by atoms with Crippen molar-refractivity contribution in [1.82, 2.24) is 4.90 Å². The van der Waals surface area contributed by atoms with Crippen LogP contribution in [0.2, 0.25) is 0 Å². The van der Waals surface area contributed by atoms with Crippen molar-refractivity contribution >= 4 is 18.3 Å². The Morgan fingerprint density at radius 3 is 2.35 bits per heavy atom. The Hall–Kier alpha value is -2.04. The summed E-state index contributed by atoms with van der Waals surface area (Å²) in [5.74, 6) is 0.872. The van der Waals surface area contributed by atoms with Gasteiger partial charge in [-0.1, -0.05) is 30.3 Å². The molecule has 4 nitrogen and oxygen atoms in total. The van der Waals surface area contributed by atoms with Gasteiger partial charge in [0.25, 0.3) is 5.91 Å². The molecule has 2 N–H and O–H groups in total. The van der Waals surface area contributed by atoms with E-state index in [1.165, 1.54) is 0 Å². The van der Waals surface area contributed by atoms with Gasteiger partial charge in [0.15, 0.2) is 0 Å². The minimum Gasteiger partial charge on any atom is -0.494 e. The molecule has 23 heavy (non-hydrogen) atoms. The second kappa shape index (κ2) is 9.87. The maximum atomic E-state index is 12.3. The summed E-state index contributed by atoms with van der Waals surface area (Å²) in [5, 5.41) is 0. The van der Waals surface area contributed by atoms with Crippen LogP contribution in [0.5, 0.6) is 5.75 Å². The summed E-state index contributed by atoms with van der Waals surface area (Å²) in [5.41, 5.74) is 7.26. The van der Waals surface area contributed by atoms with Crippen molar-refractivity contribution in [3.05, 3.63) is 65.7 Å². The van der Waals surface area contributed by atoms with Gasteiger partial charge in [-0.2, -0.15) is 0 Å². The number of para-hydroxylation sites is 1. The molecule has 0 saturated carbocycles. The van der Waals surface area contributed by atoms with E-state index in [1.54, 1.807) is 4.90 Å². The molecular formula is C18H23ClN2O2. The molecule has 2 rings (SSSR count). The molecular weight excluding hydrogens is 312 g/mol. The minimum atomic E-state index is 0. The number of amides is 1. The fourth-order valence-electron chi connectivity index (χ4n) is 2.11. The van der Waals surface area contributed by atoms with Crippen LogP contribution in [0, 0.1) is 0 Å². The predicted octanol–water partition coefficient (Wildman–Crippen LogP) is 3.11. The van der Waals surface area contributed by atoms with E-state index in [0.29, 0.717) is 25.3 Å². The zero-order valence-electron chi connectivity index (χ0n) is 13.3. The van der Waals surface area contributed by atoms with E-state index >= 15 is 0 Å². The van der Waals surface area contributed by atoms with Gasteiger partial charge in [0, 0.05) is 25.7 Å². The zero-order chi connectivity index (χ0) is 15.8. The SMILES string of the molecule is CN(CCCOc1ccccc1)C(=O)c1ccc(CN)cc1.Cl. The quantitative estimate of drug-likeness (QED) is 0.791. The van der Waals surface area contributed by atoms with Crippen LogP contribution in [0.1, 0.15) is 22.3 Å². The Kier molecular flexibility index (Phi) is 8.16. The molecule has 0 saturated heterocycles. The molecule has 0 aromatic heterocycles. The Balaban J connectivity index is 0.00000264. The molecule has 0 bridgehead atoms. The number of benzene rings is 2. The van der Waals surface area contributed by atoms with Gasteiger partial charge in [-0.15, -0.1) is 12.4 Å². The molecule has 0 fully saturated rings. The van der Waals surface area contributed by atoms with E-state index in [0.717, 1.165) is 17.7 Å². The first-order valence-electron chi connectivity index (χ1n) is 7.43. The van der Waals surface area contributed by atoms with Crippen LogP contribution in [0.25, 0.3) is 0 Å². The predicted molar refractivity (Wildman–Crippen MR) is 95.1 cm³/mol. The van der Waals surface area contributed by atoms with Gasteiger partial charge in [-0.05, 0) is 36.2 Å². The molecule has 0 spiro atoms. The monoisotopic (exact) mass is 334 g/mol. The number of halogens is 1. The summed E-state index contributed by atoms with van der Waals surface area (Å²) in [7, 11) is 1.81. The third-order valence-corrected chi connectivity index (χ3v) is 3.43. The Morgan fingerprint density at radius 1 is 1.09 bits per heavy atom. The highest BCUT2D eigenvalue weighted by atomic mass is 35.5. The van der Waals surface area contributed by atoms with Crippen LogP contribution in [-0.4, -0.2) is 31.0 Å². The molecule has 0 atom stereocenters. The Labute approximate surface area is 143 Å². The molecule has 0 aliphatic carbocycles. The Bertz CT molecular complexity index is 588. The normalized spacial score (nSPS) is 9.83. The first-order chi connectivity index (χ1) is 10.7. The zero-order valence-corrected chi connectivity index (χ0v) is 14.1. The van der Waals surface area contributed by atoms with E-state index in [4.69, 9.17) is 10.5 Å². The van der Waals surface area contributed by atoms with Crippen LogP contribution >= 0.6 is 12.4 Å². The molecule has 2 aromatic rings. The lowest BCUT2D eigenvalue weighted by Gasteiger charge is -2.17. The summed E-state index contributed by atoms with van der Waals surface area (Å²) in [6.45, 7) is 1.74. The lowest BCUT2D eigenvalue weighted by molar-refractivity contribution is 0.0788. The highest BCUT2D eigenvalue weighted by Crippen LogP contribution is 2.09. The van der Waals surface area contributed by atoms with E-state index in [1.807, 2.05) is 61.6 Å². The molecule has 0 heterocycles. The largest absolute Gasteiger partial charge is 0.494 e. The second-order valence-electron chi connectivity index (χ2n) is 5.14. The van der Waals surface area contributed by atoms with E-state index in [2.05, 4.69) is 0 Å². The van der Waals surface area contributed by atoms with Crippen LogP contribution in [0.15, 0.2) is 54.6 Å². The lowest BCUT2D eigenvalue weighted by atomic mass is 10.1. The maximum Gasteiger partial charge on any atom is 0.253 e. The fourth-order valence-corrected chi connectivity index (χ4v) is 2.11. The van der Waals surface area contributed by atoms with Crippen molar-refractivity contribution in [2.24, 2.45) is 5.73 Å². The molecule has 0 aliphatic rings. The average molecular weight is 335 g/mol. The van der Waals surface area contributed by atoms with Crippen LogP contribution < -0.4 is 10.5 Å². The third kappa shape index (κ3) is 5.93. The summed E-state index contributed by atoms with van der Waals surface area (Å²) in [6.07, 6.45) is 0.790. The van der Waals surface area contributed by atoms with Crippen molar-refractivity contribution in [1.29, 1.82) is 0 Å². The van der Waals surface area contributed by atoms with Gasteiger partial charge in [0.05, 0.1) is 6.61 Å². The van der Waals surface area contributed by atoms with Crippen LogP contribution in [0.3, 0.4) is 0 Å². The van der Waals surface area contributed by atoms with Gasteiger partial charge < -0.3 is 15.4 Å². The molecule has 0 radical (unpaired) electrons. The molecule has 1 amide bonds. The maximum absolute atomic E-state index is 12.3. The highest BCUT2D eigenvalue weighted by molar-refractivity contribution is 5.94. The first-order valence-corrected chi connectivity index (χ1v) is 7.43. The van der Waals surface area contributed by atoms with E-state index < -0.39 is 0 Å². The minimum absolute atomic E-state index is 0. The average Bonchev–Trinajstić information content (AvgIpc) is 2.59. The number of hydrogen-bond donors (Lipinski definition) is 1. The van der Waals surface area contributed by atoms with Gasteiger partial charge in [0.1, 0.15) is 5.75 Å². The molecule has 0 unspecified atom stereocenters. The topological polar surface area (TPSA) is 55.6 Å². The molecule has 2 aromatic carbocycles. The number of nitrogens with zero attached hydrogens (tertiary/aromatic N) is 1. The van der Waals surface area contributed by atoms with Crippen molar-refractivity contribution in [2.45, 2.75) is 13.0 Å². The number of carbonyl (C=O) groups is 1. The number of ether oxygens (including phenoxy) is 1. The third-order valence-electron chi connectivity index (χ3n) is 3.43. The first kappa shape index (κ1) is 19.0. The number of hydrogen-bond acceptors (Lipinski definition) is 3. The van der Waals surface area contributed by atoms with E-state index in [-0.39, 0.29) is 18.3 Å². The standard InChI is InChI=1S/C18H22N2O2.ClH/c1-20(12-5-13-22-17-6-3-2-4-7-17)18(21)16-10-8-15(14-19)9-11-16;/h2-4,6-11H,5,12-14,19H2,1H3;1H. The second-order valence-corrected chi connectivity index (χ2v) is 5.14. The van der Waals surface area contributed by atoms with Crippen LogP contribution in [0.4, 0.5) is 0 Å². The summed E-state index contributed by atoms with van der Waals surface area (Å²) in [6, 6.07) is 17.1. The van der Waals surface area contributed by atoms with Crippen molar-refractivity contribution in [2.75, 3.05) is 20.2 Å². The highest BCUT2D eigenvalue weighted by Gasteiger charge is 2.11. The van der Waals surface area contributed by atoms with Crippen molar-refractivity contribution in [3.8, 4) is 5.75 Å². The number of carbonyl (C=O) groups excluding carboxylic acids is 1. The van der Waals surface area contributed by atoms with Crippen LogP contribution in [-0.2, 0) is 6.54 Å². The molecule has 124 valence electrons. The number of rotatable bonds is 7. The van der Waals surface area contributed by atoms with Gasteiger partial charge in [-0.3, -0.25) is 4.79 Å². The summed E-state index contributed by atoms with van der Waals surface area (Å²) >= 11 is 0. The Morgan fingerprint density at radius 2 is 1.74 bits per heavy atom.